The van der Waals surface area contributed by atoms with E-state index in [1.165, 1.54) is 5.56 Å². The van der Waals surface area contributed by atoms with Crippen molar-refractivity contribution in [3.8, 4) is 11.5 Å². The lowest BCUT2D eigenvalue weighted by atomic mass is 10.1. The first-order valence-corrected chi connectivity index (χ1v) is 8.68. The maximum absolute atomic E-state index is 12.2. The SMILES string of the molecule is CC(NC(=O)NCc1ccc(CN(C)C)cc1)c1ccc2c(c1)OCO2. The number of hydrogen-bond donors (Lipinski definition) is 2. The van der Waals surface area contributed by atoms with Crippen LogP contribution in [-0.2, 0) is 13.1 Å². The molecule has 1 atom stereocenters. The van der Waals surface area contributed by atoms with Gasteiger partial charge in [-0.05, 0) is 49.8 Å². The van der Waals surface area contributed by atoms with E-state index in [4.69, 9.17) is 9.47 Å². The summed E-state index contributed by atoms with van der Waals surface area (Å²) in [6, 6.07) is 13.6. The Hall–Kier alpha value is -2.73. The first kappa shape index (κ1) is 18.1. The van der Waals surface area contributed by atoms with Crippen molar-refractivity contribution in [3.63, 3.8) is 0 Å². The molecule has 2 amide bonds. The number of carbonyl (C=O) groups is 1. The highest BCUT2D eigenvalue weighted by Crippen LogP contribution is 2.34. The molecule has 0 saturated carbocycles. The lowest BCUT2D eigenvalue weighted by Crippen LogP contribution is -2.36. The van der Waals surface area contributed by atoms with Crippen LogP contribution in [0.25, 0.3) is 0 Å². The second-order valence-corrected chi connectivity index (χ2v) is 6.72. The highest BCUT2D eigenvalue weighted by Gasteiger charge is 2.16. The molecule has 0 radical (unpaired) electrons. The second-order valence-electron chi connectivity index (χ2n) is 6.72. The quantitative estimate of drug-likeness (QED) is 0.836. The number of rotatable bonds is 6. The molecule has 1 aliphatic heterocycles. The van der Waals surface area contributed by atoms with Gasteiger partial charge in [-0.1, -0.05) is 30.3 Å². The van der Waals surface area contributed by atoms with Crippen molar-refractivity contribution in [2.24, 2.45) is 0 Å². The minimum absolute atomic E-state index is 0.132. The normalized spacial score (nSPS) is 13.5. The minimum atomic E-state index is -0.201. The Bertz CT molecular complexity index is 759. The third kappa shape index (κ3) is 4.67. The smallest absolute Gasteiger partial charge is 0.315 e. The second kappa shape index (κ2) is 8.10. The van der Waals surface area contributed by atoms with Crippen molar-refractivity contribution >= 4 is 6.03 Å². The first-order chi connectivity index (χ1) is 12.5. The first-order valence-electron chi connectivity index (χ1n) is 8.68. The third-order valence-corrected chi connectivity index (χ3v) is 4.22. The molecule has 0 spiro atoms. The Morgan fingerprint density at radius 3 is 2.50 bits per heavy atom. The van der Waals surface area contributed by atoms with Gasteiger partial charge in [-0.2, -0.15) is 0 Å². The van der Waals surface area contributed by atoms with Crippen LogP contribution in [0.2, 0.25) is 0 Å². The van der Waals surface area contributed by atoms with Gasteiger partial charge in [-0.25, -0.2) is 4.79 Å². The Balaban J connectivity index is 1.49. The van der Waals surface area contributed by atoms with Gasteiger partial charge in [0.25, 0.3) is 0 Å². The topological polar surface area (TPSA) is 62.8 Å². The van der Waals surface area contributed by atoms with E-state index in [1.807, 2.05) is 51.4 Å². The predicted molar refractivity (Wildman–Crippen MR) is 100 cm³/mol. The van der Waals surface area contributed by atoms with Gasteiger partial charge >= 0.3 is 6.03 Å². The fourth-order valence-corrected chi connectivity index (χ4v) is 2.82. The van der Waals surface area contributed by atoms with Crippen molar-refractivity contribution in [1.29, 1.82) is 0 Å². The molecule has 0 saturated heterocycles. The molecule has 2 aromatic rings. The molecule has 0 fully saturated rings. The number of nitrogens with zero attached hydrogens (tertiary/aromatic N) is 1. The van der Waals surface area contributed by atoms with Gasteiger partial charge in [0.2, 0.25) is 6.79 Å². The Morgan fingerprint density at radius 1 is 1.08 bits per heavy atom. The van der Waals surface area contributed by atoms with Crippen LogP contribution in [0, 0.1) is 0 Å². The van der Waals surface area contributed by atoms with E-state index in [0.29, 0.717) is 6.54 Å². The summed E-state index contributed by atoms with van der Waals surface area (Å²) in [5, 5.41) is 5.84. The fourth-order valence-electron chi connectivity index (χ4n) is 2.82. The molecule has 0 aliphatic carbocycles. The minimum Gasteiger partial charge on any atom is -0.454 e. The molecule has 2 N–H and O–H groups in total. The number of fused-ring (bicyclic) bond motifs is 1. The molecule has 0 aromatic heterocycles. The van der Waals surface area contributed by atoms with E-state index in [2.05, 4.69) is 27.7 Å². The summed E-state index contributed by atoms with van der Waals surface area (Å²) < 4.78 is 10.7. The summed E-state index contributed by atoms with van der Waals surface area (Å²) in [7, 11) is 4.09. The zero-order valence-electron chi connectivity index (χ0n) is 15.4. The average molecular weight is 355 g/mol. The molecule has 3 rings (SSSR count). The molecule has 138 valence electrons. The maximum atomic E-state index is 12.2. The predicted octanol–water partition coefficient (Wildman–Crippen LogP) is 3.04. The molecule has 1 aliphatic rings. The summed E-state index contributed by atoms with van der Waals surface area (Å²) in [5.41, 5.74) is 3.29. The summed E-state index contributed by atoms with van der Waals surface area (Å²) in [5.74, 6) is 1.46. The number of ether oxygens (including phenoxy) is 2. The lowest BCUT2D eigenvalue weighted by Gasteiger charge is -2.16. The molecule has 1 unspecified atom stereocenters. The number of amides is 2. The zero-order valence-corrected chi connectivity index (χ0v) is 15.4. The van der Waals surface area contributed by atoms with Crippen LogP contribution < -0.4 is 20.1 Å². The largest absolute Gasteiger partial charge is 0.454 e. The van der Waals surface area contributed by atoms with E-state index < -0.39 is 0 Å². The number of nitrogens with one attached hydrogen (secondary N) is 2. The number of hydrogen-bond acceptors (Lipinski definition) is 4. The van der Waals surface area contributed by atoms with Gasteiger partial charge in [-0.15, -0.1) is 0 Å². The van der Waals surface area contributed by atoms with Crippen molar-refractivity contribution in [2.45, 2.75) is 26.1 Å². The average Bonchev–Trinajstić information content (AvgIpc) is 3.08. The highest BCUT2D eigenvalue weighted by atomic mass is 16.7. The standard InChI is InChI=1S/C20H25N3O3/c1-14(17-8-9-18-19(10-17)26-13-25-18)22-20(24)21-11-15-4-6-16(7-5-15)12-23(2)3/h4-10,14H,11-13H2,1-3H3,(H2,21,22,24). The van der Waals surface area contributed by atoms with Crippen LogP contribution in [0.15, 0.2) is 42.5 Å². The lowest BCUT2D eigenvalue weighted by molar-refractivity contribution is 0.174. The monoisotopic (exact) mass is 355 g/mol. The molecule has 6 nitrogen and oxygen atoms in total. The summed E-state index contributed by atoms with van der Waals surface area (Å²) >= 11 is 0. The van der Waals surface area contributed by atoms with Gasteiger partial charge in [0.1, 0.15) is 0 Å². The van der Waals surface area contributed by atoms with Crippen LogP contribution in [0.3, 0.4) is 0 Å². The Kier molecular flexibility index (Phi) is 5.63. The number of benzene rings is 2. The van der Waals surface area contributed by atoms with Gasteiger partial charge in [0.05, 0.1) is 6.04 Å². The Morgan fingerprint density at radius 2 is 1.77 bits per heavy atom. The van der Waals surface area contributed by atoms with Crippen molar-refractivity contribution in [3.05, 3.63) is 59.2 Å². The summed E-state index contributed by atoms with van der Waals surface area (Å²) in [6.45, 7) is 3.57. The molecule has 0 bridgehead atoms. The molecular formula is C20H25N3O3. The van der Waals surface area contributed by atoms with E-state index in [0.717, 1.165) is 29.2 Å². The van der Waals surface area contributed by atoms with Gasteiger partial charge in [-0.3, -0.25) is 0 Å². The van der Waals surface area contributed by atoms with Crippen LogP contribution in [-0.4, -0.2) is 31.8 Å². The molecule has 26 heavy (non-hydrogen) atoms. The third-order valence-electron chi connectivity index (χ3n) is 4.22. The van der Waals surface area contributed by atoms with E-state index >= 15 is 0 Å². The van der Waals surface area contributed by atoms with Crippen LogP contribution in [0.5, 0.6) is 11.5 Å². The van der Waals surface area contributed by atoms with Gasteiger partial charge in [0, 0.05) is 13.1 Å². The summed E-state index contributed by atoms with van der Waals surface area (Å²) in [4.78, 5) is 14.3. The molecule has 6 heteroatoms. The molecule has 1 heterocycles. The molecular weight excluding hydrogens is 330 g/mol. The fraction of sp³-hybridized carbons (Fsp3) is 0.350. The summed E-state index contributed by atoms with van der Waals surface area (Å²) in [6.07, 6.45) is 0. The van der Waals surface area contributed by atoms with Crippen molar-refractivity contribution in [1.82, 2.24) is 15.5 Å². The van der Waals surface area contributed by atoms with Crippen molar-refractivity contribution in [2.75, 3.05) is 20.9 Å². The van der Waals surface area contributed by atoms with Crippen molar-refractivity contribution < 1.29 is 14.3 Å². The molecule has 2 aromatic carbocycles. The van der Waals surface area contributed by atoms with Crippen LogP contribution in [0.1, 0.15) is 29.7 Å². The highest BCUT2D eigenvalue weighted by molar-refractivity contribution is 5.74. The van der Waals surface area contributed by atoms with Crippen LogP contribution in [0.4, 0.5) is 4.79 Å². The van der Waals surface area contributed by atoms with E-state index in [-0.39, 0.29) is 18.9 Å². The van der Waals surface area contributed by atoms with Gasteiger partial charge in [0.15, 0.2) is 11.5 Å². The Labute approximate surface area is 154 Å². The number of urea groups is 1. The van der Waals surface area contributed by atoms with Gasteiger partial charge < -0.3 is 25.0 Å². The maximum Gasteiger partial charge on any atom is 0.315 e. The van der Waals surface area contributed by atoms with E-state index in [1.54, 1.807) is 0 Å². The van der Waals surface area contributed by atoms with Crippen LogP contribution >= 0.6 is 0 Å². The zero-order chi connectivity index (χ0) is 18.5. The number of carbonyl (C=O) groups excluding carboxylic acids is 1. The van der Waals surface area contributed by atoms with E-state index in [9.17, 15) is 4.79 Å².